The van der Waals surface area contributed by atoms with Crippen LogP contribution >= 0.6 is 11.6 Å². The van der Waals surface area contributed by atoms with E-state index in [2.05, 4.69) is 10.1 Å². The molecule has 192 valence electrons. The summed E-state index contributed by atoms with van der Waals surface area (Å²) in [6, 6.07) is 9.14. The zero-order valence-corrected chi connectivity index (χ0v) is 21.0. The number of aromatic nitrogens is 1. The number of carbonyl (C=O) groups excluding carboxylic acids is 4. The van der Waals surface area contributed by atoms with Crippen molar-refractivity contribution in [2.45, 2.75) is 44.9 Å². The van der Waals surface area contributed by atoms with Crippen LogP contribution in [0.25, 0.3) is 10.9 Å². The van der Waals surface area contributed by atoms with Crippen molar-refractivity contribution in [3.8, 4) is 0 Å². The van der Waals surface area contributed by atoms with E-state index in [0.29, 0.717) is 12.0 Å². The molecule has 2 amide bonds. The number of carbonyl (C=O) groups is 4. The first-order valence-corrected chi connectivity index (χ1v) is 12.3. The second-order valence-corrected chi connectivity index (χ2v) is 9.91. The predicted octanol–water partition coefficient (Wildman–Crippen LogP) is 3.73. The molecule has 1 aromatic heterocycles. The second-order valence-electron chi connectivity index (χ2n) is 9.50. The van der Waals surface area contributed by atoms with Gasteiger partial charge in [-0.05, 0) is 43.9 Å². The third-order valence-electron chi connectivity index (χ3n) is 7.15. The number of halogens is 2. The van der Waals surface area contributed by atoms with Gasteiger partial charge in [0.1, 0.15) is 18.4 Å². The van der Waals surface area contributed by atoms with Crippen LogP contribution in [0.2, 0.25) is 5.02 Å². The average Bonchev–Trinajstić information content (AvgIpc) is 3.39. The van der Waals surface area contributed by atoms with Gasteiger partial charge in [0.2, 0.25) is 11.8 Å². The number of Topliss-reactive ketones (excluding diaryl/α,β-unsaturated/α-hetero) is 1. The number of nitrogens with one attached hydrogen (secondary N) is 1. The lowest BCUT2D eigenvalue weighted by molar-refractivity contribution is -0.140. The second kappa shape index (κ2) is 9.63. The zero-order valence-electron chi connectivity index (χ0n) is 20.3. The molecule has 0 spiro atoms. The summed E-state index contributed by atoms with van der Waals surface area (Å²) < 4.78 is 21.0. The number of benzene rings is 2. The van der Waals surface area contributed by atoms with Crippen LogP contribution in [0.3, 0.4) is 0 Å². The number of hydrogen-bond donors (Lipinski definition) is 1. The molecule has 2 aliphatic rings. The van der Waals surface area contributed by atoms with E-state index in [9.17, 15) is 23.6 Å². The van der Waals surface area contributed by atoms with Crippen LogP contribution in [0.5, 0.6) is 0 Å². The van der Waals surface area contributed by atoms with Gasteiger partial charge in [-0.15, -0.1) is 0 Å². The normalized spacial score (nSPS) is 20.0. The topological polar surface area (TPSA) is 97.7 Å². The lowest BCUT2D eigenvalue weighted by Gasteiger charge is -2.27. The number of amides is 2. The minimum Gasteiger partial charge on any atom is -0.465 e. The molecule has 1 saturated heterocycles. The molecule has 1 aliphatic heterocycles. The maximum atomic E-state index is 14.6. The fourth-order valence-corrected chi connectivity index (χ4v) is 5.48. The summed E-state index contributed by atoms with van der Waals surface area (Å²) >= 11 is 5.92. The Kier molecular flexibility index (Phi) is 6.49. The Labute approximate surface area is 217 Å². The van der Waals surface area contributed by atoms with E-state index in [1.54, 1.807) is 15.7 Å². The van der Waals surface area contributed by atoms with Gasteiger partial charge in [-0.2, -0.15) is 0 Å². The third-order valence-corrected chi connectivity index (χ3v) is 7.42. The number of ether oxygens (including phenoxy) is 1. The van der Waals surface area contributed by atoms with E-state index < -0.39 is 23.7 Å². The standard InChI is InChI=1S/C27H25ClFN3O5/c1-14(33)19-12-31(21-6-4-3-5-18(19)21)13-24(34)32-22-9-15(22)10-23(32)26(35)30-11-17-7-16(27(36)37-2)8-20(28)25(17)29/h3-8,12,15,22-23H,9-11,13H2,1-2H3,(H,30,35)/t15-,22+,23-/m0/s1. The molecule has 0 bridgehead atoms. The molecule has 2 heterocycles. The number of methoxy groups -OCH3 is 1. The van der Waals surface area contributed by atoms with Gasteiger partial charge in [0.05, 0.1) is 17.7 Å². The SMILES string of the molecule is COC(=O)c1cc(Cl)c(F)c(CNC(=O)[C@@H]2C[C@@H]3C[C@H]3N2C(=O)Cn2cc(C(C)=O)c3ccccc32)c1. The summed E-state index contributed by atoms with van der Waals surface area (Å²) in [5.74, 6) is -1.87. The first-order valence-electron chi connectivity index (χ1n) is 11.9. The summed E-state index contributed by atoms with van der Waals surface area (Å²) in [6.45, 7) is 1.28. The number of ketones is 1. The lowest BCUT2D eigenvalue weighted by atomic mass is 10.1. The molecule has 37 heavy (non-hydrogen) atoms. The van der Waals surface area contributed by atoms with Crippen molar-refractivity contribution in [3.05, 3.63) is 70.1 Å². The predicted molar refractivity (Wildman–Crippen MR) is 134 cm³/mol. The molecular weight excluding hydrogens is 501 g/mol. The van der Waals surface area contributed by atoms with E-state index in [4.69, 9.17) is 11.6 Å². The minimum absolute atomic E-state index is 0.00773. The molecule has 1 saturated carbocycles. The molecule has 0 unspecified atom stereocenters. The Morgan fingerprint density at radius 2 is 1.92 bits per heavy atom. The number of piperidine rings is 1. The van der Waals surface area contributed by atoms with Crippen LogP contribution in [0, 0.1) is 11.7 Å². The molecule has 2 fully saturated rings. The van der Waals surface area contributed by atoms with Crippen LogP contribution in [0.15, 0.2) is 42.6 Å². The first-order chi connectivity index (χ1) is 17.7. The summed E-state index contributed by atoms with van der Waals surface area (Å²) in [6.07, 6.45) is 3.05. The molecule has 10 heteroatoms. The van der Waals surface area contributed by atoms with Crippen molar-refractivity contribution >= 4 is 46.1 Å². The van der Waals surface area contributed by atoms with Crippen molar-refractivity contribution in [1.29, 1.82) is 0 Å². The largest absolute Gasteiger partial charge is 0.465 e. The molecule has 1 N–H and O–H groups in total. The number of hydrogen-bond acceptors (Lipinski definition) is 5. The number of nitrogens with zero attached hydrogens (tertiary/aromatic N) is 2. The Balaban J connectivity index is 1.32. The lowest BCUT2D eigenvalue weighted by Crippen LogP contribution is -2.48. The van der Waals surface area contributed by atoms with Gasteiger partial charge in [-0.25, -0.2) is 9.18 Å². The van der Waals surface area contributed by atoms with Crippen molar-refractivity contribution < 1.29 is 28.3 Å². The van der Waals surface area contributed by atoms with E-state index in [1.165, 1.54) is 26.2 Å². The molecule has 0 radical (unpaired) electrons. The van der Waals surface area contributed by atoms with Gasteiger partial charge in [0.25, 0.3) is 0 Å². The van der Waals surface area contributed by atoms with E-state index in [-0.39, 0.29) is 52.9 Å². The van der Waals surface area contributed by atoms with Crippen LogP contribution in [-0.2, 0) is 27.4 Å². The Hall–Kier alpha value is -3.72. The van der Waals surface area contributed by atoms with Crippen LogP contribution in [0.4, 0.5) is 4.39 Å². The van der Waals surface area contributed by atoms with Crippen molar-refractivity contribution in [2.24, 2.45) is 5.92 Å². The molecule has 1 aliphatic carbocycles. The summed E-state index contributed by atoms with van der Waals surface area (Å²) in [5, 5.41) is 3.22. The summed E-state index contributed by atoms with van der Waals surface area (Å²) in [5.41, 5.74) is 1.42. The molecule has 2 aromatic carbocycles. The average molecular weight is 526 g/mol. The minimum atomic E-state index is -0.738. The number of likely N-dealkylation sites (tertiary alicyclic amines) is 1. The first kappa shape index (κ1) is 25.0. The number of para-hydroxylation sites is 1. The highest BCUT2D eigenvalue weighted by Gasteiger charge is 2.55. The van der Waals surface area contributed by atoms with Gasteiger partial charge >= 0.3 is 5.97 Å². The fourth-order valence-electron chi connectivity index (χ4n) is 5.25. The van der Waals surface area contributed by atoms with Gasteiger partial charge in [-0.3, -0.25) is 14.4 Å². The molecule has 5 rings (SSSR count). The van der Waals surface area contributed by atoms with Crippen molar-refractivity contribution in [2.75, 3.05) is 7.11 Å². The van der Waals surface area contributed by atoms with E-state index in [0.717, 1.165) is 17.3 Å². The smallest absolute Gasteiger partial charge is 0.337 e. The van der Waals surface area contributed by atoms with Crippen LogP contribution in [0.1, 0.15) is 46.0 Å². The van der Waals surface area contributed by atoms with E-state index >= 15 is 0 Å². The highest BCUT2D eigenvalue weighted by molar-refractivity contribution is 6.31. The number of fused-ring (bicyclic) bond motifs is 2. The number of esters is 1. The molecule has 3 atom stereocenters. The maximum Gasteiger partial charge on any atom is 0.337 e. The third kappa shape index (κ3) is 4.59. The van der Waals surface area contributed by atoms with Crippen LogP contribution in [-0.4, -0.2) is 52.2 Å². The zero-order chi connectivity index (χ0) is 26.4. The van der Waals surface area contributed by atoms with E-state index in [1.807, 2.05) is 24.3 Å². The molecule has 3 aromatic rings. The van der Waals surface area contributed by atoms with Gasteiger partial charge < -0.3 is 19.5 Å². The van der Waals surface area contributed by atoms with Gasteiger partial charge in [0, 0.05) is 40.8 Å². The Bertz CT molecular complexity index is 1450. The maximum absolute atomic E-state index is 14.6. The van der Waals surface area contributed by atoms with Crippen molar-refractivity contribution in [3.63, 3.8) is 0 Å². The quantitative estimate of drug-likeness (QED) is 0.374. The fraction of sp³-hybridized carbons (Fsp3) is 0.333. The number of rotatable bonds is 7. The van der Waals surface area contributed by atoms with Gasteiger partial charge in [0.15, 0.2) is 5.78 Å². The summed E-state index contributed by atoms with van der Waals surface area (Å²) in [4.78, 5) is 52.1. The molecular formula is C27H25ClFN3O5. The Morgan fingerprint density at radius 1 is 1.16 bits per heavy atom. The summed E-state index contributed by atoms with van der Waals surface area (Å²) in [7, 11) is 1.20. The monoisotopic (exact) mass is 525 g/mol. The van der Waals surface area contributed by atoms with Gasteiger partial charge in [-0.1, -0.05) is 29.8 Å². The molecule has 8 nitrogen and oxygen atoms in total. The highest BCUT2D eigenvalue weighted by atomic mass is 35.5. The van der Waals surface area contributed by atoms with Crippen LogP contribution < -0.4 is 5.32 Å². The van der Waals surface area contributed by atoms with Crippen molar-refractivity contribution in [1.82, 2.24) is 14.8 Å². The highest BCUT2D eigenvalue weighted by Crippen LogP contribution is 2.48. The Morgan fingerprint density at radius 3 is 2.65 bits per heavy atom.